The highest BCUT2D eigenvalue weighted by atomic mass is 16.2. The van der Waals surface area contributed by atoms with E-state index in [1.54, 1.807) is 0 Å². The molecule has 0 saturated heterocycles. The zero-order valence-corrected chi connectivity index (χ0v) is 12.7. The zero-order valence-electron chi connectivity index (χ0n) is 12.7. The predicted molar refractivity (Wildman–Crippen MR) is 88.7 cm³/mol. The fourth-order valence-electron chi connectivity index (χ4n) is 2.09. The van der Waals surface area contributed by atoms with E-state index in [2.05, 4.69) is 5.32 Å². The summed E-state index contributed by atoms with van der Waals surface area (Å²) >= 11 is 0. The van der Waals surface area contributed by atoms with Gasteiger partial charge in [-0.1, -0.05) is 23.8 Å². The van der Waals surface area contributed by atoms with Gasteiger partial charge in [0.1, 0.15) is 0 Å². The Kier molecular flexibility index (Phi) is 4.48. The number of benzene rings is 2. The Morgan fingerprint density at radius 2 is 1.71 bits per heavy atom. The molecule has 0 heterocycles. The third-order valence-electron chi connectivity index (χ3n) is 3.34. The molecule has 1 amide bonds. The van der Waals surface area contributed by atoms with Crippen LogP contribution in [0.15, 0.2) is 42.5 Å². The number of hydrogen-bond donors (Lipinski definition) is 2. The van der Waals surface area contributed by atoms with E-state index in [9.17, 15) is 4.79 Å². The smallest absolute Gasteiger partial charge is 0.243 e. The summed E-state index contributed by atoms with van der Waals surface area (Å²) in [5.41, 5.74) is 10.4. The second kappa shape index (κ2) is 6.31. The molecule has 0 aliphatic heterocycles. The van der Waals surface area contributed by atoms with Crippen LogP contribution in [0.3, 0.4) is 0 Å². The van der Waals surface area contributed by atoms with Crippen molar-refractivity contribution >= 4 is 23.0 Å². The number of anilines is 3. The van der Waals surface area contributed by atoms with Gasteiger partial charge in [0.15, 0.2) is 0 Å². The maximum Gasteiger partial charge on any atom is 0.243 e. The average Bonchev–Trinajstić information content (AvgIpc) is 2.42. The number of rotatable bonds is 4. The first-order valence-corrected chi connectivity index (χ1v) is 6.89. The summed E-state index contributed by atoms with van der Waals surface area (Å²) in [6, 6.07) is 13.7. The van der Waals surface area contributed by atoms with Crippen LogP contribution in [0.5, 0.6) is 0 Å². The summed E-state index contributed by atoms with van der Waals surface area (Å²) in [5.74, 6) is -0.0892. The first kappa shape index (κ1) is 14.9. The van der Waals surface area contributed by atoms with E-state index in [0.29, 0.717) is 11.4 Å². The van der Waals surface area contributed by atoms with E-state index in [1.807, 2.05) is 68.3 Å². The number of hydrogen-bond acceptors (Lipinski definition) is 3. The molecule has 3 N–H and O–H groups in total. The van der Waals surface area contributed by atoms with Gasteiger partial charge in [0.25, 0.3) is 0 Å². The molecule has 0 aliphatic carbocycles. The van der Waals surface area contributed by atoms with E-state index in [-0.39, 0.29) is 12.5 Å². The normalized spacial score (nSPS) is 10.2. The third-order valence-corrected chi connectivity index (χ3v) is 3.34. The fraction of sp³-hybridized carbons (Fsp3) is 0.235. The molecule has 0 aliphatic rings. The van der Waals surface area contributed by atoms with Crippen molar-refractivity contribution in [1.29, 1.82) is 0 Å². The molecular weight excluding hydrogens is 262 g/mol. The minimum atomic E-state index is -0.0892. The molecule has 4 nitrogen and oxygen atoms in total. The van der Waals surface area contributed by atoms with Gasteiger partial charge >= 0.3 is 0 Å². The Labute approximate surface area is 125 Å². The van der Waals surface area contributed by atoms with Crippen molar-refractivity contribution in [2.45, 2.75) is 13.8 Å². The molecule has 2 aromatic rings. The Balaban J connectivity index is 1.99. The molecule has 4 heteroatoms. The number of carbonyl (C=O) groups excluding carboxylic acids is 1. The van der Waals surface area contributed by atoms with Crippen molar-refractivity contribution in [3.8, 4) is 0 Å². The second-order valence-electron chi connectivity index (χ2n) is 5.33. The van der Waals surface area contributed by atoms with Gasteiger partial charge in [-0.3, -0.25) is 4.79 Å². The molecule has 0 unspecified atom stereocenters. The maximum absolute atomic E-state index is 12.1. The van der Waals surface area contributed by atoms with Gasteiger partial charge in [-0.25, -0.2) is 0 Å². The standard InChI is InChI=1S/C17H21N3O/c1-12-4-7-14(8-5-12)20(3)11-17(21)19-16-9-6-13(2)10-15(16)18/h4-10H,11,18H2,1-3H3,(H,19,21). The molecule has 0 bridgehead atoms. The van der Waals surface area contributed by atoms with Crippen LogP contribution in [0, 0.1) is 13.8 Å². The molecule has 0 atom stereocenters. The number of nitrogen functional groups attached to an aromatic ring is 1. The Morgan fingerprint density at radius 1 is 1.10 bits per heavy atom. The topological polar surface area (TPSA) is 58.4 Å². The van der Waals surface area contributed by atoms with Gasteiger partial charge in [0, 0.05) is 12.7 Å². The van der Waals surface area contributed by atoms with Crippen LogP contribution in [-0.4, -0.2) is 19.5 Å². The van der Waals surface area contributed by atoms with Crippen molar-refractivity contribution in [3.05, 3.63) is 53.6 Å². The van der Waals surface area contributed by atoms with Crippen LogP contribution < -0.4 is 16.0 Å². The van der Waals surface area contributed by atoms with Gasteiger partial charge in [-0.15, -0.1) is 0 Å². The number of aryl methyl sites for hydroxylation is 2. The van der Waals surface area contributed by atoms with E-state index in [0.717, 1.165) is 11.3 Å². The van der Waals surface area contributed by atoms with Crippen LogP contribution in [0.4, 0.5) is 17.1 Å². The van der Waals surface area contributed by atoms with E-state index in [1.165, 1.54) is 5.56 Å². The van der Waals surface area contributed by atoms with Crippen molar-refractivity contribution in [1.82, 2.24) is 0 Å². The first-order chi connectivity index (χ1) is 9.95. The summed E-state index contributed by atoms with van der Waals surface area (Å²) < 4.78 is 0. The molecule has 2 rings (SSSR count). The van der Waals surface area contributed by atoms with Gasteiger partial charge in [-0.05, 0) is 43.7 Å². The van der Waals surface area contributed by atoms with Crippen LogP contribution in [-0.2, 0) is 4.79 Å². The minimum Gasteiger partial charge on any atom is -0.397 e. The van der Waals surface area contributed by atoms with Gasteiger partial charge < -0.3 is 16.0 Å². The quantitative estimate of drug-likeness (QED) is 0.848. The van der Waals surface area contributed by atoms with Crippen molar-refractivity contribution in [2.75, 3.05) is 29.5 Å². The number of likely N-dealkylation sites (N-methyl/N-ethyl adjacent to an activating group) is 1. The number of nitrogens with zero attached hydrogens (tertiary/aromatic N) is 1. The lowest BCUT2D eigenvalue weighted by atomic mass is 10.2. The minimum absolute atomic E-state index is 0.0892. The monoisotopic (exact) mass is 283 g/mol. The molecular formula is C17H21N3O. The maximum atomic E-state index is 12.1. The predicted octanol–water partition coefficient (Wildman–Crippen LogP) is 2.96. The number of amides is 1. The summed E-state index contributed by atoms with van der Waals surface area (Å²) in [7, 11) is 1.89. The van der Waals surface area contributed by atoms with Gasteiger partial charge in [0.2, 0.25) is 5.91 Å². The molecule has 0 aromatic heterocycles. The summed E-state index contributed by atoms with van der Waals surface area (Å²) in [4.78, 5) is 14.0. The zero-order chi connectivity index (χ0) is 15.4. The highest BCUT2D eigenvalue weighted by Crippen LogP contribution is 2.19. The Hall–Kier alpha value is -2.49. The van der Waals surface area contributed by atoms with E-state index < -0.39 is 0 Å². The molecule has 0 spiro atoms. The van der Waals surface area contributed by atoms with Crippen molar-refractivity contribution in [3.63, 3.8) is 0 Å². The molecule has 110 valence electrons. The first-order valence-electron chi connectivity index (χ1n) is 6.89. The van der Waals surface area contributed by atoms with Crippen LogP contribution in [0.2, 0.25) is 0 Å². The lowest BCUT2D eigenvalue weighted by molar-refractivity contribution is -0.114. The van der Waals surface area contributed by atoms with E-state index in [4.69, 9.17) is 5.73 Å². The number of carbonyl (C=O) groups is 1. The second-order valence-corrected chi connectivity index (χ2v) is 5.33. The Morgan fingerprint density at radius 3 is 2.33 bits per heavy atom. The molecule has 0 fully saturated rings. The number of nitrogens with two attached hydrogens (primary N) is 1. The van der Waals surface area contributed by atoms with Crippen molar-refractivity contribution < 1.29 is 4.79 Å². The highest BCUT2D eigenvalue weighted by Gasteiger charge is 2.09. The van der Waals surface area contributed by atoms with Crippen LogP contribution in [0.1, 0.15) is 11.1 Å². The van der Waals surface area contributed by atoms with Crippen molar-refractivity contribution in [2.24, 2.45) is 0 Å². The van der Waals surface area contributed by atoms with Gasteiger partial charge in [0.05, 0.1) is 17.9 Å². The lowest BCUT2D eigenvalue weighted by Crippen LogP contribution is -2.30. The Bertz CT molecular complexity index is 635. The summed E-state index contributed by atoms with van der Waals surface area (Å²) in [6.07, 6.45) is 0. The van der Waals surface area contributed by atoms with Crippen LogP contribution >= 0.6 is 0 Å². The summed E-state index contributed by atoms with van der Waals surface area (Å²) in [5, 5.41) is 2.84. The molecule has 0 saturated carbocycles. The molecule has 0 radical (unpaired) electrons. The molecule has 2 aromatic carbocycles. The molecule has 21 heavy (non-hydrogen) atoms. The third kappa shape index (κ3) is 3.99. The van der Waals surface area contributed by atoms with E-state index >= 15 is 0 Å². The number of nitrogens with one attached hydrogen (secondary N) is 1. The van der Waals surface area contributed by atoms with Gasteiger partial charge in [-0.2, -0.15) is 0 Å². The fourth-order valence-corrected chi connectivity index (χ4v) is 2.09. The largest absolute Gasteiger partial charge is 0.397 e. The lowest BCUT2D eigenvalue weighted by Gasteiger charge is -2.19. The SMILES string of the molecule is Cc1ccc(N(C)CC(=O)Nc2ccc(C)cc2N)cc1. The summed E-state index contributed by atoms with van der Waals surface area (Å²) in [6.45, 7) is 4.28. The van der Waals surface area contributed by atoms with Crippen LogP contribution in [0.25, 0.3) is 0 Å². The average molecular weight is 283 g/mol. The highest BCUT2D eigenvalue weighted by molar-refractivity contribution is 5.96.